The number of esters is 1. The highest BCUT2D eigenvalue weighted by molar-refractivity contribution is 7.98. The second-order valence-corrected chi connectivity index (χ2v) is 11.7. The molecule has 1 aromatic heterocycles. The topological polar surface area (TPSA) is 69.9 Å². The zero-order chi connectivity index (χ0) is 27.0. The van der Waals surface area contributed by atoms with E-state index < -0.39 is 12.0 Å². The summed E-state index contributed by atoms with van der Waals surface area (Å²) in [5.74, 6) is 0.577. The lowest BCUT2D eigenvalue weighted by molar-refractivity contribution is -0.140. The summed E-state index contributed by atoms with van der Waals surface area (Å²) < 4.78 is 13.9. The van der Waals surface area contributed by atoms with Crippen molar-refractivity contribution in [1.29, 1.82) is 0 Å². The van der Waals surface area contributed by atoms with E-state index in [4.69, 9.17) is 14.5 Å². The van der Waals surface area contributed by atoms with Crippen LogP contribution in [-0.2, 0) is 9.53 Å². The normalized spacial score (nSPS) is 18.9. The standard InChI is InChI=1S/C30H30N2O4S2/c1-17(2)16-35-29(34)26-18(3)31-30-32(27(26)20-10-12-23(37-5)13-11-20)28(33)25(38-30)15-22-14-21-8-6-7-9-24(21)36-19(22)4/h6-15,17,19,27H,16H2,1-5H3. The average molecular weight is 547 g/mol. The second kappa shape index (κ2) is 10.8. The molecule has 0 radical (unpaired) electrons. The molecule has 2 aliphatic rings. The lowest BCUT2D eigenvalue weighted by atomic mass is 9.96. The Morgan fingerprint density at radius 2 is 1.95 bits per heavy atom. The van der Waals surface area contributed by atoms with Crippen LogP contribution in [0.1, 0.15) is 44.9 Å². The Bertz CT molecular complexity index is 1630. The molecule has 0 N–H and O–H groups in total. The molecule has 0 saturated carbocycles. The van der Waals surface area contributed by atoms with Crippen molar-refractivity contribution >= 4 is 41.2 Å². The third-order valence-corrected chi connectivity index (χ3v) is 8.26. The van der Waals surface area contributed by atoms with Gasteiger partial charge in [-0.3, -0.25) is 9.36 Å². The number of rotatable bonds is 6. The van der Waals surface area contributed by atoms with E-state index in [1.165, 1.54) is 11.3 Å². The van der Waals surface area contributed by atoms with Crippen LogP contribution in [0.15, 0.2) is 80.1 Å². The number of benzene rings is 2. The van der Waals surface area contributed by atoms with E-state index >= 15 is 0 Å². The van der Waals surface area contributed by atoms with Crippen LogP contribution in [0.25, 0.3) is 12.2 Å². The molecule has 0 saturated heterocycles. The zero-order valence-corrected chi connectivity index (χ0v) is 23.7. The number of hydrogen-bond donors (Lipinski definition) is 0. The first-order valence-electron chi connectivity index (χ1n) is 12.6. The van der Waals surface area contributed by atoms with Gasteiger partial charge in [0.2, 0.25) is 0 Å². The summed E-state index contributed by atoms with van der Waals surface area (Å²) >= 11 is 2.96. The van der Waals surface area contributed by atoms with Crippen molar-refractivity contribution in [2.45, 2.75) is 44.7 Å². The van der Waals surface area contributed by atoms with Crippen LogP contribution in [0.3, 0.4) is 0 Å². The van der Waals surface area contributed by atoms with Crippen molar-refractivity contribution in [3.8, 4) is 5.75 Å². The number of ether oxygens (including phenoxy) is 2. The molecule has 6 nitrogen and oxygen atoms in total. The van der Waals surface area contributed by atoms with E-state index in [9.17, 15) is 9.59 Å². The molecule has 2 unspecified atom stereocenters. The van der Waals surface area contributed by atoms with Crippen molar-refractivity contribution in [3.63, 3.8) is 0 Å². The van der Waals surface area contributed by atoms with Crippen LogP contribution in [0.5, 0.6) is 5.75 Å². The van der Waals surface area contributed by atoms with Crippen LogP contribution in [0.2, 0.25) is 0 Å². The Balaban J connectivity index is 1.65. The van der Waals surface area contributed by atoms with E-state index in [2.05, 4.69) is 6.08 Å². The molecule has 0 amide bonds. The number of carbonyl (C=O) groups is 1. The van der Waals surface area contributed by atoms with Crippen LogP contribution in [0, 0.1) is 5.92 Å². The molecule has 8 heteroatoms. The fraction of sp³-hybridized carbons (Fsp3) is 0.300. The first-order valence-corrected chi connectivity index (χ1v) is 14.6. The van der Waals surface area contributed by atoms with E-state index in [-0.39, 0.29) is 17.6 Å². The summed E-state index contributed by atoms with van der Waals surface area (Å²) in [7, 11) is 0. The van der Waals surface area contributed by atoms with Crippen LogP contribution >= 0.6 is 23.1 Å². The molecule has 38 heavy (non-hydrogen) atoms. The number of thiazole rings is 1. The highest BCUT2D eigenvalue weighted by Crippen LogP contribution is 2.32. The summed E-state index contributed by atoms with van der Waals surface area (Å²) in [6.45, 7) is 8.06. The maximum Gasteiger partial charge on any atom is 0.338 e. The van der Waals surface area contributed by atoms with Gasteiger partial charge in [-0.2, -0.15) is 0 Å². The lowest BCUT2D eigenvalue weighted by Gasteiger charge is -2.25. The van der Waals surface area contributed by atoms with Crippen molar-refractivity contribution in [2.24, 2.45) is 10.9 Å². The summed E-state index contributed by atoms with van der Waals surface area (Å²) in [5, 5.41) is 0. The molecule has 2 aromatic carbocycles. The third kappa shape index (κ3) is 5.02. The van der Waals surface area contributed by atoms with Gasteiger partial charge in [-0.15, -0.1) is 11.8 Å². The number of nitrogens with zero attached hydrogens (tertiary/aromatic N) is 2. The van der Waals surface area contributed by atoms with Crippen LogP contribution in [-0.4, -0.2) is 29.5 Å². The lowest BCUT2D eigenvalue weighted by Crippen LogP contribution is -2.40. The monoisotopic (exact) mass is 546 g/mol. The Hall–Kier alpha value is -3.36. The SMILES string of the molecule is CSc1ccc(C2C(C(=O)OCC(C)C)=C(C)N=c3sc(=CC4=Cc5ccccc5OC4C)c(=O)n32)cc1. The van der Waals surface area contributed by atoms with Gasteiger partial charge in [-0.1, -0.05) is 55.5 Å². The van der Waals surface area contributed by atoms with Crippen molar-refractivity contribution in [3.05, 3.63) is 96.2 Å². The predicted octanol–water partition coefficient (Wildman–Crippen LogP) is 4.97. The molecule has 2 aliphatic heterocycles. The minimum Gasteiger partial charge on any atom is -0.485 e. The molecular weight excluding hydrogens is 516 g/mol. The largest absolute Gasteiger partial charge is 0.485 e. The van der Waals surface area contributed by atoms with Gasteiger partial charge < -0.3 is 9.47 Å². The molecule has 0 bridgehead atoms. The number of hydrogen-bond acceptors (Lipinski definition) is 7. The summed E-state index contributed by atoms with van der Waals surface area (Å²) in [5.41, 5.74) is 3.48. The number of allylic oxidation sites excluding steroid dienone is 1. The van der Waals surface area contributed by atoms with Crippen molar-refractivity contribution in [2.75, 3.05) is 12.9 Å². The Kier molecular flexibility index (Phi) is 7.45. The molecule has 2 atom stereocenters. The molecule has 0 spiro atoms. The van der Waals surface area contributed by atoms with Gasteiger partial charge in [0.1, 0.15) is 11.9 Å². The Morgan fingerprint density at radius 1 is 1.21 bits per heavy atom. The second-order valence-electron chi connectivity index (χ2n) is 9.79. The first-order chi connectivity index (χ1) is 18.3. The molecule has 0 fully saturated rings. The smallest absolute Gasteiger partial charge is 0.338 e. The fourth-order valence-corrected chi connectivity index (χ4v) is 6.03. The maximum atomic E-state index is 13.9. The first kappa shape index (κ1) is 26.3. The zero-order valence-electron chi connectivity index (χ0n) is 22.1. The number of aromatic nitrogens is 1. The van der Waals surface area contributed by atoms with Gasteiger partial charge in [0, 0.05) is 10.5 Å². The van der Waals surface area contributed by atoms with Gasteiger partial charge in [-0.05, 0) is 67.5 Å². The highest BCUT2D eigenvalue weighted by Gasteiger charge is 2.33. The van der Waals surface area contributed by atoms with E-state index in [1.54, 1.807) is 16.3 Å². The molecule has 3 heterocycles. The van der Waals surface area contributed by atoms with E-state index in [0.717, 1.165) is 27.3 Å². The number of carbonyl (C=O) groups excluding carboxylic acids is 1. The molecule has 196 valence electrons. The van der Waals surface area contributed by atoms with Gasteiger partial charge in [0.25, 0.3) is 5.56 Å². The number of para-hydroxylation sites is 1. The van der Waals surface area contributed by atoms with Gasteiger partial charge >= 0.3 is 5.97 Å². The van der Waals surface area contributed by atoms with Crippen LogP contribution < -0.4 is 19.6 Å². The van der Waals surface area contributed by atoms with Gasteiger partial charge in [-0.25, -0.2) is 9.79 Å². The third-order valence-electron chi connectivity index (χ3n) is 6.53. The number of thioether (sulfide) groups is 1. The molecule has 3 aromatic rings. The predicted molar refractivity (Wildman–Crippen MR) is 153 cm³/mol. The minimum absolute atomic E-state index is 0.193. The van der Waals surface area contributed by atoms with Crippen LogP contribution in [0.4, 0.5) is 0 Å². The maximum absolute atomic E-state index is 13.9. The Labute approximate surface area is 230 Å². The fourth-order valence-electron chi connectivity index (χ4n) is 4.58. The van der Waals surface area contributed by atoms with Gasteiger partial charge in [0.05, 0.1) is 28.5 Å². The summed E-state index contributed by atoms with van der Waals surface area (Å²) in [6.07, 6.45) is 5.75. The van der Waals surface area contributed by atoms with Crippen molar-refractivity contribution < 1.29 is 14.3 Å². The average Bonchev–Trinajstić information content (AvgIpc) is 3.21. The molecule has 5 rings (SSSR count). The minimum atomic E-state index is -0.626. The Morgan fingerprint density at radius 3 is 2.66 bits per heavy atom. The molecular formula is C30H30N2O4S2. The molecule has 0 aliphatic carbocycles. The highest BCUT2D eigenvalue weighted by atomic mass is 32.2. The van der Waals surface area contributed by atoms with E-state index in [0.29, 0.717) is 27.2 Å². The number of fused-ring (bicyclic) bond motifs is 2. The van der Waals surface area contributed by atoms with Gasteiger partial charge in [0.15, 0.2) is 4.80 Å². The summed E-state index contributed by atoms with van der Waals surface area (Å²) in [6, 6.07) is 15.2. The summed E-state index contributed by atoms with van der Waals surface area (Å²) in [4.78, 5) is 33.6. The van der Waals surface area contributed by atoms with Crippen molar-refractivity contribution in [1.82, 2.24) is 4.57 Å². The quantitative estimate of drug-likeness (QED) is 0.323. The van der Waals surface area contributed by atoms with E-state index in [1.807, 2.05) is 88.6 Å².